The largest absolute Gasteiger partial charge is 0.466 e. The van der Waals surface area contributed by atoms with E-state index < -0.39 is 11.9 Å². The maximum Gasteiger partial charge on any atom is 0.307 e. The van der Waals surface area contributed by atoms with E-state index in [4.69, 9.17) is 21.1 Å². The fourth-order valence-electron chi connectivity index (χ4n) is 2.95. The maximum atomic E-state index is 13.2. The Morgan fingerprint density at radius 1 is 1.43 bits per heavy atom. The van der Waals surface area contributed by atoms with Crippen LogP contribution in [0.4, 0.5) is 4.39 Å². The van der Waals surface area contributed by atoms with E-state index in [-0.39, 0.29) is 48.8 Å². The zero-order valence-corrected chi connectivity index (χ0v) is 16.1. The number of hydrogen-bond donors (Lipinski definition) is 0. The lowest BCUT2D eigenvalue weighted by Gasteiger charge is -2.34. The summed E-state index contributed by atoms with van der Waals surface area (Å²) in [5, 5.41) is 8.15. The van der Waals surface area contributed by atoms with Crippen molar-refractivity contribution < 1.29 is 23.5 Å². The van der Waals surface area contributed by atoms with Gasteiger partial charge in [0.05, 0.1) is 45.0 Å². The van der Waals surface area contributed by atoms with Gasteiger partial charge in [-0.1, -0.05) is 22.9 Å². The molecule has 0 bridgehead atoms. The van der Waals surface area contributed by atoms with Crippen LogP contribution in [0.25, 0.3) is 0 Å². The van der Waals surface area contributed by atoms with E-state index >= 15 is 0 Å². The highest BCUT2D eigenvalue weighted by Gasteiger charge is 2.31. The second-order valence-electron chi connectivity index (χ2n) is 6.27. The van der Waals surface area contributed by atoms with Gasteiger partial charge in [0.25, 0.3) is 5.91 Å². The molecule has 28 heavy (non-hydrogen) atoms. The van der Waals surface area contributed by atoms with Crippen LogP contribution in [0.2, 0.25) is 5.02 Å². The van der Waals surface area contributed by atoms with Crippen LogP contribution in [0.1, 0.15) is 29.4 Å². The van der Waals surface area contributed by atoms with Gasteiger partial charge in [0, 0.05) is 11.6 Å². The van der Waals surface area contributed by atoms with Crippen LogP contribution in [0.15, 0.2) is 24.4 Å². The first-order chi connectivity index (χ1) is 13.5. The van der Waals surface area contributed by atoms with Gasteiger partial charge < -0.3 is 14.4 Å². The lowest BCUT2D eigenvalue weighted by molar-refractivity contribution is -0.145. The molecule has 2 aromatic rings. The first-order valence-electron chi connectivity index (χ1n) is 8.86. The molecule has 1 aromatic heterocycles. The van der Waals surface area contributed by atoms with Gasteiger partial charge in [-0.25, -0.2) is 9.07 Å². The average Bonchev–Trinajstić information content (AvgIpc) is 3.13. The van der Waals surface area contributed by atoms with Gasteiger partial charge in [0.15, 0.2) is 5.69 Å². The molecular formula is C18H20ClFN4O4. The highest BCUT2D eigenvalue weighted by atomic mass is 35.5. The number of aromatic nitrogens is 3. The number of hydrogen-bond acceptors (Lipinski definition) is 6. The molecule has 3 rings (SSSR count). The molecule has 1 saturated heterocycles. The summed E-state index contributed by atoms with van der Waals surface area (Å²) in [5.74, 6) is -1.15. The van der Waals surface area contributed by atoms with Crippen LogP contribution in [-0.4, -0.2) is 64.2 Å². The van der Waals surface area contributed by atoms with Crippen molar-refractivity contribution in [3.63, 3.8) is 0 Å². The molecule has 1 aromatic carbocycles. The maximum absolute atomic E-state index is 13.2. The monoisotopic (exact) mass is 410 g/mol. The first-order valence-corrected chi connectivity index (χ1v) is 9.24. The molecule has 1 amide bonds. The molecule has 0 radical (unpaired) electrons. The summed E-state index contributed by atoms with van der Waals surface area (Å²) in [7, 11) is 0. The third-order valence-corrected chi connectivity index (χ3v) is 4.65. The number of carbonyl (C=O) groups is 2. The SMILES string of the molecule is CCOC(=O)CC1COCCN1C(=O)c1cn(Cc2ccc(F)cc2Cl)nn1. The summed E-state index contributed by atoms with van der Waals surface area (Å²) in [6, 6.07) is 3.65. The third-order valence-electron chi connectivity index (χ3n) is 4.30. The predicted molar refractivity (Wildman–Crippen MR) is 97.4 cm³/mol. The number of benzene rings is 1. The second-order valence-corrected chi connectivity index (χ2v) is 6.68. The van der Waals surface area contributed by atoms with Crippen LogP contribution in [-0.2, 0) is 20.8 Å². The molecule has 0 aliphatic carbocycles. The van der Waals surface area contributed by atoms with Gasteiger partial charge in [-0.3, -0.25) is 9.59 Å². The van der Waals surface area contributed by atoms with Crippen molar-refractivity contribution >= 4 is 23.5 Å². The molecular weight excluding hydrogens is 391 g/mol. The number of ether oxygens (including phenoxy) is 2. The van der Waals surface area contributed by atoms with Crippen molar-refractivity contribution in [3.8, 4) is 0 Å². The van der Waals surface area contributed by atoms with Gasteiger partial charge >= 0.3 is 5.97 Å². The standard InChI is InChI=1S/C18H20ClFN4O4/c1-2-28-17(25)8-14-11-27-6-5-24(14)18(26)16-10-23(22-21-16)9-12-3-4-13(20)7-15(12)19/h3-4,7,10,14H,2,5-6,8-9,11H2,1H3. The quantitative estimate of drug-likeness (QED) is 0.676. The van der Waals surface area contributed by atoms with E-state index in [0.29, 0.717) is 18.7 Å². The summed E-state index contributed by atoms with van der Waals surface area (Å²) in [5.41, 5.74) is 0.799. The van der Waals surface area contributed by atoms with Crippen molar-refractivity contribution in [1.82, 2.24) is 19.9 Å². The number of nitrogens with zero attached hydrogens (tertiary/aromatic N) is 4. The molecule has 1 aliphatic rings. The smallest absolute Gasteiger partial charge is 0.307 e. The Morgan fingerprint density at radius 2 is 2.25 bits per heavy atom. The minimum absolute atomic E-state index is 0.0545. The molecule has 1 unspecified atom stereocenters. The average molecular weight is 411 g/mol. The van der Waals surface area contributed by atoms with Crippen molar-refractivity contribution in [1.29, 1.82) is 0 Å². The Labute approximate surface area is 166 Å². The number of carbonyl (C=O) groups excluding carboxylic acids is 2. The molecule has 150 valence electrons. The summed E-state index contributed by atoms with van der Waals surface area (Å²) in [4.78, 5) is 26.2. The van der Waals surface area contributed by atoms with E-state index in [1.54, 1.807) is 17.9 Å². The Hall–Kier alpha value is -2.52. The Balaban J connectivity index is 1.70. The first kappa shape index (κ1) is 20.2. The van der Waals surface area contributed by atoms with Gasteiger partial charge in [-0.15, -0.1) is 5.10 Å². The van der Waals surface area contributed by atoms with Crippen LogP contribution < -0.4 is 0 Å². The zero-order valence-electron chi connectivity index (χ0n) is 15.3. The lowest BCUT2D eigenvalue weighted by atomic mass is 10.1. The summed E-state index contributed by atoms with van der Waals surface area (Å²) in [6.07, 6.45) is 1.55. The van der Waals surface area contributed by atoms with E-state index in [1.165, 1.54) is 23.0 Å². The van der Waals surface area contributed by atoms with Gasteiger partial charge in [-0.05, 0) is 24.6 Å². The normalized spacial score (nSPS) is 16.8. The molecule has 1 atom stereocenters. The topological polar surface area (TPSA) is 86.5 Å². The molecule has 1 aliphatic heterocycles. The van der Waals surface area contributed by atoms with Crippen molar-refractivity contribution in [2.24, 2.45) is 0 Å². The second kappa shape index (κ2) is 9.11. The fraction of sp³-hybridized carbons (Fsp3) is 0.444. The molecule has 1 fully saturated rings. The van der Waals surface area contributed by atoms with Crippen LogP contribution in [0.3, 0.4) is 0 Å². The predicted octanol–water partition coefficient (Wildman–Crippen LogP) is 1.91. The minimum atomic E-state index is -0.428. The lowest BCUT2D eigenvalue weighted by Crippen LogP contribution is -2.49. The summed E-state index contributed by atoms with van der Waals surface area (Å²) < 4.78 is 25.0. The molecule has 2 heterocycles. The highest BCUT2D eigenvalue weighted by Crippen LogP contribution is 2.19. The number of rotatable bonds is 6. The van der Waals surface area contributed by atoms with Crippen LogP contribution in [0.5, 0.6) is 0 Å². The summed E-state index contributed by atoms with van der Waals surface area (Å²) in [6.45, 7) is 3.23. The Kier molecular flexibility index (Phi) is 6.58. The molecule has 0 spiro atoms. The Bertz CT molecular complexity index is 860. The fourth-order valence-corrected chi connectivity index (χ4v) is 3.18. The number of morpholine rings is 1. The van der Waals surface area contributed by atoms with E-state index in [1.807, 2.05) is 0 Å². The van der Waals surface area contributed by atoms with E-state index in [0.717, 1.165) is 0 Å². The van der Waals surface area contributed by atoms with Gasteiger partial charge in [-0.2, -0.15) is 0 Å². The minimum Gasteiger partial charge on any atom is -0.466 e. The van der Waals surface area contributed by atoms with Crippen molar-refractivity contribution in [2.45, 2.75) is 25.9 Å². The third kappa shape index (κ3) is 4.85. The van der Waals surface area contributed by atoms with E-state index in [2.05, 4.69) is 10.3 Å². The molecule has 8 nitrogen and oxygen atoms in total. The van der Waals surface area contributed by atoms with Crippen molar-refractivity contribution in [3.05, 3.63) is 46.5 Å². The number of halogens is 2. The number of esters is 1. The van der Waals surface area contributed by atoms with Crippen molar-refractivity contribution in [2.75, 3.05) is 26.4 Å². The molecule has 0 N–H and O–H groups in total. The molecule has 10 heteroatoms. The van der Waals surface area contributed by atoms with E-state index in [9.17, 15) is 14.0 Å². The van der Waals surface area contributed by atoms with Crippen LogP contribution in [0, 0.1) is 5.82 Å². The van der Waals surface area contributed by atoms with Gasteiger partial charge in [0.1, 0.15) is 5.82 Å². The zero-order chi connectivity index (χ0) is 20.1. The van der Waals surface area contributed by atoms with Crippen LogP contribution >= 0.6 is 11.6 Å². The molecule has 0 saturated carbocycles. The Morgan fingerprint density at radius 3 is 3.00 bits per heavy atom. The van der Waals surface area contributed by atoms with Gasteiger partial charge in [0.2, 0.25) is 0 Å². The number of amides is 1. The highest BCUT2D eigenvalue weighted by molar-refractivity contribution is 6.31. The summed E-state index contributed by atoms with van der Waals surface area (Å²) >= 11 is 6.03.